The van der Waals surface area contributed by atoms with Crippen LogP contribution in [0, 0.1) is 13.8 Å². The third-order valence-electron chi connectivity index (χ3n) is 1.99. The number of methoxy groups -OCH3 is 1. The molecule has 0 radical (unpaired) electrons. The number of hydrogen-bond donors (Lipinski definition) is 0. The van der Waals surface area contributed by atoms with Crippen molar-refractivity contribution >= 4 is 17.6 Å². The van der Waals surface area contributed by atoms with Crippen LogP contribution in [0.4, 0.5) is 0 Å². The zero-order chi connectivity index (χ0) is 10.0. The van der Waals surface area contributed by atoms with Gasteiger partial charge in [0.2, 0.25) is 0 Å². The average Bonchev–Trinajstić information content (AvgIpc) is 2.10. The van der Waals surface area contributed by atoms with Gasteiger partial charge in [0.1, 0.15) is 0 Å². The SMILES string of the molecule is COC(=O)c1cc(C)c(C)cc1Cl. The Balaban J connectivity index is 3.23. The average molecular weight is 199 g/mol. The normalized spacial score (nSPS) is 9.85. The molecule has 0 aliphatic rings. The second kappa shape index (κ2) is 3.79. The largest absolute Gasteiger partial charge is 0.465 e. The van der Waals surface area contributed by atoms with Crippen molar-refractivity contribution in [3.8, 4) is 0 Å². The lowest BCUT2D eigenvalue weighted by molar-refractivity contribution is 0.0601. The van der Waals surface area contributed by atoms with Gasteiger partial charge in [-0.3, -0.25) is 0 Å². The van der Waals surface area contributed by atoms with Gasteiger partial charge in [-0.25, -0.2) is 4.79 Å². The van der Waals surface area contributed by atoms with E-state index in [4.69, 9.17) is 11.6 Å². The first-order chi connectivity index (χ1) is 6.06. The molecule has 0 aromatic heterocycles. The number of carbonyl (C=O) groups is 1. The Hall–Kier alpha value is -1.02. The van der Waals surface area contributed by atoms with Crippen molar-refractivity contribution in [2.75, 3.05) is 7.11 Å². The van der Waals surface area contributed by atoms with Crippen LogP contribution < -0.4 is 0 Å². The number of esters is 1. The van der Waals surface area contributed by atoms with Crippen LogP contribution in [0.3, 0.4) is 0 Å². The fraction of sp³-hybridized carbons (Fsp3) is 0.300. The highest BCUT2D eigenvalue weighted by molar-refractivity contribution is 6.33. The van der Waals surface area contributed by atoms with E-state index < -0.39 is 5.97 Å². The number of halogens is 1. The summed E-state index contributed by atoms with van der Waals surface area (Å²) in [6.45, 7) is 3.88. The van der Waals surface area contributed by atoms with E-state index in [0.717, 1.165) is 11.1 Å². The van der Waals surface area contributed by atoms with Crippen LogP contribution in [-0.4, -0.2) is 13.1 Å². The van der Waals surface area contributed by atoms with Crippen molar-refractivity contribution in [1.29, 1.82) is 0 Å². The molecule has 0 heterocycles. The Labute approximate surface area is 82.5 Å². The molecule has 1 rings (SSSR count). The Kier molecular flexibility index (Phi) is 2.94. The zero-order valence-corrected chi connectivity index (χ0v) is 8.61. The number of carbonyl (C=O) groups excluding carboxylic acids is 1. The Morgan fingerprint density at radius 1 is 1.31 bits per heavy atom. The molecule has 0 aliphatic heterocycles. The molecule has 0 atom stereocenters. The third kappa shape index (κ3) is 2.01. The van der Waals surface area contributed by atoms with Crippen LogP contribution in [0.25, 0.3) is 0 Å². The van der Waals surface area contributed by atoms with Gasteiger partial charge < -0.3 is 4.74 Å². The molecule has 0 bridgehead atoms. The summed E-state index contributed by atoms with van der Waals surface area (Å²) in [6, 6.07) is 3.51. The van der Waals surface area contributed by atoms with E-state index in [-0.39, 0.29) is 0 Å². The fourth-order valence-electron chi connectivity index (χ4n) is 1.05. The van der Waals surface area contributed by atoms with Crippen molar-refractivity contribution in [3.05, 3.63) is 33.8 Å². The van der Waals surface area contributed by atoms with Crippen molar-refractivity contribution < 1.29 is 9.53 Å². The minimum Gasteiger partial charge on any atom is -0.465 e. The van der Waals surface area contributed by atoms with E-state index in [9.17, 15) is 4.79 Å². The number of aryl methyl sites for hydroxylation is 2. The van der Waals surface area contributed by atoms with E-state index in [1.54, 1.807) is 12.1 Å². The summed E-state index contributed by atoms with van der Waals surface area (Å²) in [5, 5.41) is 0.440. The summed E-state index contributed by atoms with van der Waals surface area (Å²) in [7, 11) is 1.34. The van der Waals surface area contributed by atoms with E-state index >= 15 is 0 Å². The van der Waals surface area contributed by atoms with E-state index in [1.807, 2.05) is 13.8 Å². The molecule has 0 amide bonds. The molecule has 13 heavy (non-hydrogen) atoms. The second-order valence-electron chi connectivity index (χ2n) is 2.91. The maximum Gasteiger partial charge on any atom is 0.339 e. The van der Waals surface area contributed by atoms with Gasteiger partial charge in [-0.15, -0.1) is 0 Å². The van der Waals surface area contributed by atoms with Gasteiger partial charge >= 0.3 is 5.97 Å². The molecule has 0 fully saturated rings. The molecule has 0 spiro atoms. The lowest BCUT2D eigenvalue weighted by Gasteiger charge is -2.05. The predicted molar refractivity (Wildman–Crippen MR) is 52.3 cm³/mol. The summed E-state index contributed by atoms with van der Waals surface area (Å²) in [6.07, 6.45) is 0. The Morgan fingerprint density at radius 2 is 1.85 bits per heavy atom. The van der Waals surface area contributed by atoms with Crippen LogP contribution in [0.5, 0.6) is 0 Å². The molecule has 3 heteroatoms. The summed E-state index contributed by atoms with van der Waals surface area (Å²) in [5.74, 6) is -0.395. The molecule has 70 valence electrons. The molecule has 0 unspecified atom stereocenters. The summed E-state index contributed by atoms with van der Waals surface area (Å²) in [4.78, 5) is 11.2. The van der Waals surface area contributed by atoms with Gasteiger partial charge in [-0.05, 0) is 37.1 Å². The van der Waals surface area contributed by atoms with Crippen LogP contribution in [-0.2, 0) is 4.74 Å². The first kappa shape index (κ1) is 10.1. The minimum atomic E-state index is -0.395. The molecule has 1 aromatic rings. The summed E-state index contributed by atoms with van der Waals surface area (Å²) >= 11 is 5.87. The van der Waals surface area contributed by atoms with Gasteiger partial charge in [-0.1, -0.05) is 11.6 Å². The number of ether oxygens (including phenoxy) is 1. The zero-order valence-electron chi connectivity index (χ0n) is 7.85. The second-order valence-corrected chi connectivity index (χ2v) is 3.32. The maximum atomic E-state index is 11.2. The molecular weight excluding hydrogens is 188 g/mol. The number of benzene rings is 1. The highest BCUT2D eigenvalue weighted by Crippen LogP contribution is 2.21. The summed E-state index contributed by atoms with van der Waals surface area (Å²) < 4.78 is 4.59. The van der Waals surface area contributed by atoms with Crippen molar-refractivity contribution in [1.82, 2.24) is 0 Å². The van der Waals surface area contributed by atoms with Crippen molar-refractivity contribution in [3.63, 3.8) is 0 Å². The topological polar surface area (TPSA) is 26.3 Å². The van der Waals surface area contributed by atoms with Crippen molar-refractivity contribution in [2.24, 2.45) is 0 Å². The first-order valence-electron chi connectivity index (χ1n) is 3.91. The monoisotopic (exact) mass is 198 g/mol. The Bertz CT molecular complexity index is 345. The van der Waals surface area contributed by atoms with Gasteiger partial charge in [0.15, 0.2) is 0 Å². The van der Waals surface area contributed by atoms with E-state index in [1.165, 1.54) is 7.11 Å². The standard InChI is InChI=1S/C10H11ClO2/c1-6-4-8(10(12)13-3)9(11)5-7(6)2/h4-5H,1-3H3. The minimum absolute atomic E-state index is 0.395. The maximum absolute atomic E-state index is 11.2. The van der Waals surface area contributed by atoms with E-state index in [2.05, 4.69) is 4.74 Å². The lowest BCUT2D eigenvalue weighted by Crippen LogP contribution is -2.03. The van der Waals surface area contributed by atoms with Crippen LogP contribution in [0.15, 0.2) is 12.1 Å². The number of hydrogen-bond acceptors (Lipinski definition) is 2. The highest BCUT2D eigenvalue weighted by atomic mass is 35.5. The third-order valence-corrected chi connectivity index (χ3v) is 2.30. The highest BCUT2D eigenvalue weighted by Gasteiger charge is 2.11. The lowest BCUT2D eigenvalue weighted by atomic mass is 10.1. The fourth-order valence-corrected chi connectivity index (χ4v) is 1.34. The van der Waals surface area contributed by atoms with Crippen LogP contribution in [0.1, 0.15) is 21.5 Å². The molecule has 0 saturated heterocycles. The summed E-state index contributed by atoms with van der Waals surface area (Å²) in [5.41, 5.74) is 2.52. The molecule has 0 aliphatic carbocycles. The quantitative estimate of drug-likeness (QED) is 0.649. The molecule has 0 N–H and O–H groups in total. The molecule has 1 aromatic carbocycles. The van der Waals surface area contributed by atoms with Gasteiger partial charge in [0, 0.05) is 0 Å². The predicted octanol–water partition coefficient (Wildman–Crippen LogP) is 2.74. The molecular formula is C10H11ClO2. The first-order valence-corrected chi connectivity index (χ1v) is 4.29. The van der Waals surface area contributed by atoms with E-state index in [0.29, 0.717) is 10.6 Å². The van der Waals surface area contributed by atoms with Crippen molar-refractivity contribution in [2.45, 2.75) is 13.8 Å². The molecule has 2 nitrogen and oxygen atoms in total. The molecule has 0 saturated carbocycles. The Morgan fingerprint density at radius 3 is 2.38 bits per heavy atom. The van der Waals surface area contributed by atoms with Gasteiger partial charge in [-0.2, -0.15) is 0 Å². The van der Waals surface area contributed by atoms with Crippen LogP contribution >= 0.6 is 11.6 Å². The van der Waals surface area contributed by atoms with Gasteiger partial charge in [0.25, 0.3) is 0 Å². The van der Waals surface area contributed by atoms with Crippen LogP contribution in [0.2, 0.25) is 5.02 Å². The number of rotatable bonds is 1. The smallest absolute Gasteiger partial charge is 0.339 e. The van der Waals surface area contributed by atoms with Gasteiger partial charge in [0.05, 0.1) is 17.7 Å².